The second-order valence-electron chi connectivity index (χ2n) is 4.25. The van der Waals surface area contributed by atoms with Crippen LogP contribution in [-0.4, -0.2) is 56.7 Å². The van der Waals surface area contributed by atoms with E-state index in [0.717, 1.165) is 30.0 Å². The molecule has 1 fully saturated rings. The van der Waals surface area contributed by atoms with Crippen LogP contribution in [0.1, 0.15) is 25.7 Å². The van der Waals surface area contributed by atoms with E-state index in [4.69, 9.17) is 0 Å². The molecule has 1 amide bonds. The zero-order chi connectivity index (χ0) is 12.9. The predicted molar refractivity (Wildman–Crippen MR) is 65.7 cm³/mol. The molecule has 1 rings (SSSR count). The first-order valence-corrected chi connectivity index (χ1v) is 7.30. The van der Waals surface area contributed by atoms with Crippen molar-refractivity contribution in [2.45, 2.75) is 25.7 Å². The van der Waals surface area contributed by atoms with Crippen molar-refractivity contribution >= 4 is 16.1 Å². The van der Waals surface area contributed by atoms with Gasteiger partial charge in [0.1, 0.15) is 0 Å². The highest BCUT2D eigenvalue weighted by Gasteiger charge is 2.28. The van der Waals surface area contributed by atoms with Crippen molar-refractivity contribution in [1.82, 2.24) is 13.9 Å². The first-order chi connectivity index (χ1) is 7.98. The summed E-state index contributed by atoms with van der Waals surface area (Å²) in [6.07, 6.45) is 3.94. The van der Waals surface area contributed by atoms with Gasteiger partial charge in [-0.15, -0.1) is 0 Å². The molecule has 6 nitrogen and oxygen atoms in total. The minimum absolute atomic E-state index is 0.130. The lowest BCUT2D eigenvalue weighted by Crippen LogP contribution is -2.45. The standard InChI is InChI=1S/C10H21N3O3S/c1-11-10(14)9-12(2)17(15,16)13-7-5-3-4-6-8-13/h3-9H2,1-2H3,(H,11,14). The van der Waals surface area contributed by atoms with E-state index in [-0.39, 0.29) is 12.5 Å². The van der Waals surface area contributed by atoms with Gasteiger partial charge in [0.2, 0.25) is 5.91 Å². The van der Waals surface area contributed by atoms with Gasteiger partial charge >= 0.3 is 0 Å². The van der Waals surface area contributed by atoms with E-state index < -0.39 is 10.2 Å². The second-order valence-corrected chi connectivity index (χ2v) is 6.29. The number of likely N-dealkylation sites (N-methyl/N-ethyl adjacent to an activating group) is 2. The smallest absolute Gasteiger partial charge is 0.282 e. The van der Waals surface area contributed by atoms with Crippen molar-refractivity contribution in [2.24, 2.45) is 0 Å². The maximum absolute atomic E-state index is 12.2. The third-order valence-electron chi connectivity index (χ3n) is 2.93. The Hall–Kier alpha value is -0.660. The molecule has 0 aromatic rings. The number of carbonyl (C=O) groups is 1. The van der Waals surface area contributed by atoms with Crippen molar-refractivity contribution in [3.8, 4) is 0 Å². The fraction of sp³-hybridized carbons (Fsp3) is 0.900. The lowest BCUT2D eigenvalue weighted by molar-refractivity contribution is -0.120. The number of hydrogen-bond acceptors (Lipinski definition) is 3. The van der Waals surface area contributed by atoms with E-state index in [1.165, 1.54) is 18.4 Å². The molecule has 0 saturated carbocycles. The summed E-state index contributed by atoms with van der Waals surface area (Å²) in [5, 5.41) is 2.42. The molecule has 1 saturated heterocycles. The molecule has 0 radical (unpaired) electrons. The van der Waals surface area contributed by atoms with Gasteiger partial charge in [0.25, 0.3) is 10.2 Å². The summed E-state index contributed by atoms with van der Waals surface area (Å²) in [5.74, 6) is -0.300. The van der Waals surface area contributed by atoms with Crippen LogP contribution >= 0.6 is 0 Å². The summed E-state index contributed by atoms with van der Waals surface area (Å²) in [7, 11) is -0.550. The maximum Gasteiger partial charge on any atom is 0.282 e. The van der Waals surface area contributed by atoms with Gasteiger partial charge in [-0.2, -0.15) is 17.0 Å². The Morgan fingerprint density at radius 2 is 1.76 bits per heavy atom. The Morgan fingerprint density at radius 1 is 1.24 bits per heavy atom. The van der Waals surface area contributed by atoms with Crippen LogP contribution in [0.3, 0.4) is 0 Å². The molecule has 0 spiro atoms. The molecule has 1 N–H and O–H groups in total. The van der Waals surface area contributed by atoms with Gasteiger partial charge < -0.3 is 5.32 Å². The summed E-state index contributed by atoms with van der Waals surface area (Å²) >= 11 is 0. The molecule has 1 aliphatic heterocycles. The normalized spacial score (nSPS) is 19.0. The fourth-order valence-electron chi connectivity index (χ4n) is 1.83. The second kappa shape index (κ2) is 6.32. The Kier molecular flexibility index (Phi) is 5.35. The van der Waals surface area contributed by atoms with Crippen LogP contribution in [-0.2, 0) is 15.0 Å². The number of carbonyl (C=O) groups excluding carboxylic acids is 1. The topological polar surface area (TPSA) is 69.7 Å². The number of nitrogens with zero attached hydrogens (tertiary/aromatic N) is 2. The average molecular weight is 263 g/mol. The van der Waals surface area contributed by atoms with Crippen LogP contribution in [0.25, 0.3) is 0 Å². The lowest BCUT2D eigenvalue weighted by atomic mass is 10.2. The van der Waals surface area contributed by atoms with Crippen molar-refractivity contribution in [3.05, 3.63) is 0 Å². The van der Waals surface area contributed by atoms with Crippen molar-refractivity contribution in [2.75, 3.05) is 33.7 Å². The Labute approximate surface area is 103 Å². The van der Waals surface area contributed by atoms with Gasteiger partial charge in [0.15, 0.2) is 0 Å². The summed E-state index contributed by atoms with van der Waals surface area (Å²) in [6.45, 7) is 0.982. The molecule has 0 aromatic carbocycles. The first kappa shape index (κ1) is 14.4. The molecule has 1 heterocycles. The van der Waals surface area contributed by atoms with Crippen LogP contribution in [0.15, 0.2) is 0 Å². The molecule has 0 aliphatic carbocycles. The third-order valence-corrected chi connectivity index (χ3v) is 4.86. The zero-order valence-corrected chi connectivity index (χ0v) is 11.3. The Balaban J connectivity index is 2.67. The van der Waals surface area contributed by atoms with Crippen LogP contribution < -0.4 is 5.32 Å². The summed E-state index contributed by atoms with van der Waals surface area (Å²) < 4.78 is 26.9. The molecular formula is C10H21N3O3S. The number of rotatable bonds is 4. The molecule has 7 heteroatoms. The molecule has 0 unspecified atom stereocenters. The fourth-order valence-corrected chi connectivity index (χ4v) is 3.23. The quantitative estimate of drug-likeness (QED) is 0.762. The van der Waals surface area contributed by atoms with Gasteiger partial charge in [-0.1, -0.05) is 12.8 Å². The predicted octanol–water partition coefficient (Wildman–Crippen LogP) is -0.215. The highest BCUT2D eigenvalue weighted by atomic mass is 32.2. The average Bonchev–Trinajstić information content (AvgIpc) is 2.57. The molecule has 0 aromatic heterocycles. The van der Waals surface area contributed by atoms with Crippen LogP contribution in [0.2, 0.25) is 0 Å². The van der Waals surface area contributed by atoms with Crippen molar-refractivity contribution in [3.63, 3.8) is 0 Å². The molecule has 100 valence electrons. The van der Waals surface area contributed by atoms with Crippen LogP contribution in [0.5, 0.6) is 0 Å². The minimum Gasteiger partial charge on any atom is -0.358 e. The highest BCUT2D eigenvalue weighted by molar-refractivity contribution is 7.86. The maximum atomic E-state index is 12.2. The molecule has 1 aliphatic rings. The van der Waals surface area contributed by atoms with E-state index in [9.17, 15) is 13.2 Å². The van der Waals surface area contributed by atoms with E-state index in [0.29, 0.717) is 13.1 Å². The van der Waals surface area contributed by atoms with E-state index in [1.54, 1.807) is 0 Å². The van der Waals surface area contributed by atoms with Crippen molar-refractivity contribution in [1.29, 1.82) is 0 Å². The number of hydrogen-bond donors (Lipinski definition) is 1. The first-order valence-electron chi connectivity index (χ1n) is 5.90. The largest absolute Gasteiger partial charge is 0.358 e. The highest BCUT2D eigenvalue weighted by Crippen LogP contribution is 2.15. The molecular weight excluding hydrogens is 242 g/mol. The van der Waals surface area contributed by atoms with E-state index in [2.05, 4.69) is 5.32 Å². The van der Waals surface area contributed by atoms with Gasteiger partial charge in [0, 0.05) is 27.2 Å². The summed E-state index contributed by atoms with van der Waals surface area (Å²) in [4.78, 5) is 11.2. The summed E-state index contributed by atoms with van der Waals surface area (Å²) in [6, 6.07) is 0. The molecule has 17 heavy (non-hydrogen) atoms. The number of nitrogens with one attached hydrogen (secondary N) is 1. The Bertz CT molecular complexity index is 348. The van der Waals surface area contributed by atoms with Crippen molar-refractivity contribution < 1.29 is 13.2 Å². The van der Waals surface area contributed by atoms with Crippen LogP contribution in [0, 0.1) is 0 Å². The van der Waals surface area contributed by atoms with E-state index >= 15 is 0 Å². The Morgan fingerprint density at radius 3 is 2.24 bits per heavy atom. The lowest BCUT2D eigenvalue weighted by Gasteiger charge is -2.25. The van der Waals surface area contributed by atoms with Crippen LogP contribution in [0.4, 0.5) is 0 Å². The van der Waals surface area contributed by atoms with Gasteiger partial charge in [-0.3, -0.25) is 4.79 Å². The molecule has 0 bridgehead atoms. The summed E-state index contributed by atoms with van der Waals surface area (Å²) in [5.41, 5.74) is 0. The monoisotopic (exact) mass is 263 g/mol. The minimum atomic E-state index is -3.48. The molecule has 0 atom stereocenters. The van der Waals surface area contributed by atoms with Gasteiger partial charge in [-0.05, 0) is 12.8 Å². The van der Waals surface area contributed by atoms with Gasteiger partial charge in [0.05, 0.1) is 6.54 Å². The zero-order valence-electron chi connectivity index (χ0n) is 10.5. The van der Waals surface area contributed by atoms with Gasteiger partial charge in [-0.25, -0.2) is 0 Å². The number of amides is 1. The third kappa shape index (κ3) is 3.93. The SMILES string of the molecule is CNC(=O)CN(C)S(=O)(=O)N1CCCCCC1. The van der Waals surface area contributed by atoms with E-state index in [1.807, 2.05) is 0 Å².